The van der Waals surface area contributed by atoms with Crippen molar-refractivity contribution in [3.05, 3.63) is 29.8 Å². The molecule has 3 amide bonds. The lowest BCUT2D eigenvalue weighted by Gasteiger charge is -2.29. The van der Waals surface area contributed by atoms with E-state index in [2.05, 4.69) is 24.5 Å². The third-order valence-corrected chi connectivity index (χ3v) is 4.39. The number of nitrogens with zero attached hydrogens (tertiary/aromatic N) is 2. The van der Waals surface area contributed by atoms with Gasteiger partial charge in [0.1, 0.15) is 0 Å². The van der Waals surface area contributed by atoms with Crippen LogP contribution in [0.4, 0.5) is 5.69 Å². The van der Waals surface area contributed by atoms with E-state index in [1.807, 2.05) is 4.90 Å². The van der Waals surface area contributed by atoms with Crippen LogP contribution in [0, 0.1) is 5.92 Å². The standard InChI is InChI=1S/C20H30N4O3/c1-15(2)14-24(11-8-19(26)23-12-9-21-10-13-23)20(27)17-4-6-18(7-5-17)22-16(3)25/h4-7,15,21H,8-14H2,1-3H3,(H,22,25). The van der Waals surface area contributed by atoms with Crippen LogP contribution in [0.3, 0.4) is 0 Å². The zero-order valence-electron chi connectivity index (χ0n) is 16.5. The molecule has 1 fully saturated rings. The maximum Gasteiger partial charge on any atom is 0.253 e. The van der Waals surface area contributed by atoms with E-state index in [1.54, 1.807) is 29.2 Å². The molecule has 0 atom stereocenters. The highest BCUT2D eigenvalue weighted by Crippen LogP contribution is 2.13. The molecule has 1 aliphatic heterocycles. The van der Waals surface area contributed by atoms with E-state index >= 15 is 0 Å². The molecule has 0 unspecified atom stereocenters. The van der Waals surface area contributed by atoms with Crippen molar-refractivity contribution < 1.29 is 14.4 Å². The van der Waals surface area contributed by atoms with Gasteiger partial charge in [0.2, 0.25) is 11.8 Å². The second-order valence-electron chi connectivity index (χ2n) is 7.28. The Morgan fingerprint density at radius 1 is 1.15 bits per heavy atom. The SMILES string of the molecule is CC(=O)Nc1ccc(C(=O)N(CCC(=O)N2CCNCC2)CC(C)C)cc1. The van der Waals surface area contributed by atoms with Crippen LogP contribution in [0.1, 0.15) is 37.6 Å². The first-order valence-electron chi connectivity index (χ1n) is 9.52. The first-order chi connectivity index (χ1) is 12.9. The van der Waals surface area contributed by atoms with Crippen molar-refractivity contribution in [2.75, 3.05) is 44.6 Å². The number of hydrogen-bond acceptors (Lipinski definition) is 4. The molecule has 2 rings (SSSR count). The number of anilines is 1. The third-order valence-electron chi connectivity index (χ3n) is 4.39. The second kappa shape index (κ2) is 10.1. The largest absolute Gasteiger partial charge is 0.340 e. The first kappa shape index (κ1) is 20.9. The molecule has 27 heavy (non-hydrogen) atoms. The molecule has 0 radical (unpaired) electrons. The topological polar surface area (TPSA) is 81.8 Å². The van der Waals surface area contributed by atoms with Gasteiger partial charge in [-0.3, -0.25) is 14.4 Å². The molecule has 7 nitrogen and oxygen atoms in total. The summed E-state index contributed by atoms with van der Waals surface area (Å²) < 4.78 is 0. The Bertz CT molecular complexity index is 652. The van der Waals surface area contributed by atoms with E-state index in [0.29, 0.717) is 36.7 Å². The van der Waals surface area contributed by atoms with Gasteiger partial charge in [-0.25, -0.2) is 0 Å². The van der Waals surface area contributed by atoms with E-state index in [-0.39, 0.29) is 17.7 Å². The summed E-state index contributed by atoms with van der Waals surface area (Å²) in [7, 11) is 0. The van der Waals surface area contributed by atoms with Gasteiger partial charge >= 0.3 is 0 Å². The average molecular weight is 374 g/mol. The predicted octanol–water partition coefficient (Wildman–Crippen LogP) is 1.57. The van der Waals surface area contributed by atoms with Gasteiger partial charge in [0.15, 0.2) is 0 Å². The number of nitrogens with one attached hydrogen (secondary N) is 2. The summed E-state index contributed by atoms with van der Waals surface area (Å²) in [5.74, 6) is 0.161. The van der Waals surface area contributed by atoms with Crippen LogP contribution in [0.25, 0.3) is 0 Å². The summed E-state index contributed by atoms with van der Waals surface area (Å²) >= 11 is 0. The van der Waals surface area contributed by atoms with Crippen LogP contribution in [0.2, 0.25) is 0 Å². The quantitative estimate of drug-likeness (QED) is 0.759. The predicted molar refractivity (Wildman–Crippen MR) is 106 cm³/mol. The molecule has 0 aromatic heterocycles. The first-order valence-corrected chi connectivity index (χ1v) is 9.52. The fourth-order valence-corrected chi connectivity index (χ4v) is 3.10. The number of piperazine rings is 1. The minimum absolute atomic E-state index is 0.0915. The van der Waals surface area contributed by atoms with E-state index < -0.39 is 0 Å². The van der Waals surface area contributed by atoms with Crippen molar-refractivity contribution >= 4 is 23.4 Å². The third kappa shape index (κ3) is 6.67. The normalized spacial score (nSPS) is 14.1. The van der Waals surface area contributed by atoms with Crippen molar-refractivity contribution in [2.45, 2.75) is 27.2 Å². The lowest BCUT2D eigenvalue weighted by atomic mass is 10.1. The summed E-state index contributed by atoms with van der Waals surface area (Å²) in [5, 5.41) is 5.92. The summed E-state index contributed by atoms with van der Waals surface area (Å²) in [5.41, 5.74) is 1.21. The molecule has 148 valence electrons. The number of carbonyl (C=O) groups excluding carboxylic acids is 3. The highest BCUT2D eigenvalue weighted by molar-refractivity contribution is 5.95. The van der Waals surface area contributed by atoms with Gasteiger partial charge in [-0.15, -0.1) is 0 Å². The highest BCUT2D eigenvalue weighted by atomic mass is 16.2. The molecule has 0 spiro atoms. The molecule has 7 heteroatoms. The molecular weight excluding hydrogens is 344 g/mol. The maximum absolute atomic E-state index is 12.9. The molecule has 1 aliphatic rings. The molecule has 1 aromatic rings. The smallest absolute Gasteiger partial charge is 0.253 e. The Morgan fingerprint density at radius 2 is 1.78 bits per heavy atom. The van der Waals surface area contributed by atoms with Crippen LogP contribution in [-0.4, -0.2) is 66.8 Å². The van der Waals surface area contributed by atoms with Gasteiger partial charge in [0, 0.05) is 63.9 Å². The average Bonchev–Trinajstić information content (AvgIpc) is 2.65. The lowest BCUT2D eigenvalue weighted by Crippen LogP contribution is -2.47. The van der Waals surface area contributed by atoms with Gasteiger partial charge in [0.05, 0.1) is 0 Å². The van der Waals surface area contributed by atoms with Crippen molar-refractivity contribution in [3.63, 3.8) is 0 Å². The van der Waals surface area contributed by atoms with E-state index in [9.17, 15) is 14.4 Å². The maximum atomic E-state index is 12.9. The molecule has 0 aliphatic carbocycles. The monoisotopic (exact) mass is 374 g/mol. The Labute approximate surface area is 161 Å². The lowest BCUT2D eigenvalue weighted by molar-refractivity contribution is -0.132. The Balaban J connectivity index is 2.00. The minimum atomic E-state index is -0.151. The summed E-state index contributed by atoms with van der Waals surface area (Å²) in [6.45, 7) is 9.65. The van der Waals surface area contributed by atoms with Gasteiger partial charge < -0.3 is 20.4 Å². The number of benzene rings is 1. The zero-order valence-corrected chi connectivity index (χ0v) is 16.5. The molecule has 1 heterocycles. The van der Waals surface area contributed by atoms with Crippen molar-refractivity contribution in [2.24, 2.45) is 5.92 Å². The number of amides is 3. The van der Waals surface area contributed by atoms with Crippen LogP contribution in [0.5, 0.6) is 0 Å². The molecular formula is C20H30N4O3. The van der Waals surface area contributed by atoms with Crippen LogP contribution in [-0.2, 0) is 9.59 Å². The Morgan fingerprint density at radius 3 is 2.33 bits per heavy atom. The molecule has 0 saturated carbocycles. The molecule has 2 N–H and O–H groups in total. The summed E-state index contributed by atoms with van der Waals surface area (Å²) in [6, 6.07) is 6.85. The highest BCUT2D eigenvalue weighted by Gasteiger charge is 2.21. The Hall–Kier alpha value is -2.41. The molecule has 1 aromatic carbocycles. The van der Waals surface area contributed by atoms with E-state index in [0.717, 1.165) is 26.2 Å². The van der Waals surface area contributed by atoms with Gasteiger partial charge in [-0.1, -0.05) is 13.8 Å². The molecule has 0 bridgehead atoms. The fraction of sp³-hybridized carbons (Fsp3) is 0.550. The number of rotatable bonds is 7. The number of hydrogen-bond donors (Lipinski definition) is 2. The minimum Gasteiger partial charge on any atom is -0.340 e. The van der Waals surface area contributed by atoms with E-state index in [4.69, 9.17) is 0 Å². The second-order valence-corrected chi connectivity index (χ2v) is 7.28. The van der Waals surface area contributed by atoms with Crippen LogP contribution >= 0.6 is 0 Å². The molecule has 1 saturated heterocycles. The van der Waals surface area contributed by atoms with Gasteiger partial charge in [-0.2, -0.15) is 0 Å². The van der Waals surface area contributed by atoms with Gasteiger partial charge in [-0.05, 0) is 30.2 Å². The fourth-order valence-electron chi connectivity index (χ4n) is 3.10. The van der Waals surface area contributed by atoms with Crippen molar-refractivity contribution in [1.82, 2.24) is 15.1 Å². The number of carbonyl (C=O) groups is 3. The van der Waals surface area contributed by atoms with Gasteiger partial charge in [0.25, 0.3) is 5.91 Å². The van der Waals surface area contributed by atoms with Crippen molar-refractivity contribution in [1.29, 1.82) is 0 Å². The van der Waals surface area contributed by atoms with Crippen molar-refractivity contribution in [3.8, 4) is 0 Å². The van der Waals surface area contributed by atoms with Crippen LogP contribution in [0.15, 0.2) is 24.3 Å². The zero-order chi connectivity index (χ0) is 19.8. The van der Waals surface area contributed by atoms with Crippen LogP contribution < -0.4 is 10.6 Å². The van der Waals surface area contributed by atoms with E-state index in [1.165, 1.54) is 6.92 Å². The Kier molecular flexibility index (Phi) is 7.79. The summed E-state index contributed by atoms with van der Waals surface area (Å²) in [4.78, 5) is 40.0. The summed E-state index contributed by atoms with van der Waals surface area (Å²) in [6.07, 6.45) is 0.336.